The van der Waals surface area contributed by atoms with E-state index < -0.39 is 15.9 Å². The van der Waals surface area contributed by atoms with E-state index in [-0.39, 0.29) is 17.0 Å². The normalized spacial score (nSPS) is 11.8. The van der Waals surface area contributed by atoms with Crippen LogP contribution in [-0.2, 0) is 14.8 Å². The molecule has 2 aromatic heterocycles. The number of fused-ring (bicyclic) bond motifs is 1. The summed E-state index contributed by atoms with van der Waals surface area (Å²) in [5.41, 5.74) is 0.273. The number of pyridine rings is 1. The molecule has 1 amide bonds. The highest BCUT2D eigenvalue weighted by molar-refractivity contribution is 7.89. The first-order chi connectivity index (χ1) is 11.9. The number of nitrogens with zero attached hydrogens (tertiary/aromatic N) is 2. The molecule has 0 saturated heterocycles. The number of sulfonamides is 1. The van der Waals surface area contributed by atoms with E-state index in [2.05, 4.69) is 15.3 Å². The highest BCUT2D eigenvalue weighted by Crippen LogP contribution is 2.19. The van der Waals surface area contributed by atoms with E-state index in [0.717, 1.165) is 4.31 Å². The number of carbonyl (C=O) groups excluding carboxylic acids is 1. The minimum atomic E-state index is -3.85. The Morgan fingerprint density at radius 3 is 2.84 bits per heavy atom. The number of carbonyl (C=O) groups is 1. The first kappa shape index (κ1) is 17.3. The molecule has 0 saturated carbocycles. The topological polar surface area (TPSA) is 112 Å². The molecule has 2 N–H and O–H groups in total. The number of rotatable bonds is 5. The molecule has 10 heteroatoms. The second-order valence-electron chi connectivity index (χ2n) is 5.22. The fraction of sp³-hybridized carbons (Fsp3) is 0.133. The number of hydrogen-bond donors (Lipinski definition) is 2. The summed E-state index contributed by atoms with van der Waals surface area (Å²) < 4.78 is 26.2. The van der Waals surface area contributed by atoms with Gasteiger partial charge < -0.3 is 10.3 Å². The van der Waals surface area contributed by atoms with Gasteiger partial charge in [-0.25, -0.2) is 13.4 Å². The van der Waals surface area contributed by atoms with Gasteiger partial charge in [-0.1, -0.05) is 0 Å². The zero-order chi connectivity index (χ0) is 18.0. The van der Waals surface area contributed by atoms with Crippen LogP contribution in [0.15, 0.2) is 51.6 Å². The number of aromatic nitrogens is 2. The molecule has 0 unspecified atom stereocenters. The third-order valence-corrected chi connectivity index (χ3v) is 5.94. The molecule has 8 nitrogen and oxygen atoms in total. The van der Waals surface area contributed by atoms with Crippen molar-refractivity contribution in [3.63, 3.8) is 0 Å². The molecule has 0 aliphatic carbocycles. The summed E-state index contributed by atoms with van der Waals surface area (Å²) in [7, 11) is -2.52. The van der Waals surface area contributed by atoms with E-state index in [1.807, 2.05) is 0 Å². The maximum Gasteiger partial charge on any atom is 0.248 e. The van der Waals surface area contributed by atoms with Gasteiger partial charge in [0.05, 0.1) is 11.4 Å². The van der Waals surface area contributed by atoms with Gasteiger partial charge in [0.1, 0.15) is 0 Å². The van der Waals surface area contributed by atoms with Crippen molar-refractivity contribution in [1.82, 2.24) is 14.3 Å². The van der Waals surface area contributed by atoms with E-state index in [4.69, 9.17) is 0 Å². The van der Waals surface area contributed by atoms with Crippen molar-refractivity contribution in [3.8, 4) is 0 Å². The van der Waals surface area contributed by atoms with Crippen LogP contribution >= 0.6 is 11.3 Å². The predicted molar refractivity (Wildman–Crippen MR) is 95.1 cm³/mol. The highest BCUT2D eigenvalue weighted by Gasteiger charge is 2.23. The Hall–Kier alpha value is -2.56. The number of thiazole rings is 1. The number of aromatic amines is 1. The smallest absolute Gasteiger partial charge is 0.248 e. The first-order valence-corrected chi connectivity index (χ1v) is 9.47. The molecule has 25 heavy (non-hydrogen) atoms. The zero-order valence-electron chi connectivity index (χ0n) is 13.1. The van der Waals surface area contributed by atoms with Gasteiger partial charge >= 0.3 is 0 Å². The van der Waals surface area contributed by atoms with Gasteiger partial charge in [0.15, 0.2) is 5.13 Å². The van der Waals surface area contributed by atoms with Crippen LogP contribution in [0.4, 0.5) is 5.13 Å². The van der Waals surface area contributed by atoms with Crippen molar-refractivity contribution >= 4 is 43.3 Å². The second kappa shape index (κ2) is 6.75. The lowest BCUT2D eigenvalue weighted by Crippen LogP contribution is -2.34. The molecule has 0 bridgehead atoms. The minimum absolute atomic E-state index is 0.0385. The van der Waals surface area contributed by atoms with Gasteiger partial charge in [-0.2, -0.15) is 4.31 Å². The number of hydrogen-bond acceptors (Lipinski definition) is 6. The Morgan fingerprint density at radius 2 is 2.12 bits per heavy atom. The molecular formula is C15H14N4O4S2. The number of benzene rings is 1. The van der Waals surface area contributed by atoms with Gasteiger partial charge in [0.2, 0.25) is 21.5 Å². The maximum atomic E-state index is 12.6. The lowest BCUT2D eigenvalue weighted by atomic mass is 10.2. The largest absolute Gasteiger partial charge is 0.322 e. The predicted octanol–water partition coefficient (Wildman–Crippen LogP) is 1.24. The molecule has 3 aromatic rings. The Labute approximate surface area is 147 Å². The standard InChI is InChI=1S/C15H14N4O4S2/c1-19(9-14(21)18-15-16-6-7-24-15)25(22,23)11-3-4-12-10(8-11)2-5-13(20)17-12/h2-8H,9H2,1H3,(H,17,20)(H,16,18,21). The van der Waals surface area contributed by atoms with Gasteiger partial charge in [-0.3, -0.25) is 9.59 Å². The van der Waals surface area contributed by atoms with Crippen molar-refractivity contribution < 1.29 is 13.2 Å². The molecule has 0 fully saturated rings. The van der Waals surface area contributed by atoms with Crippen molar-refractivity contribution in [3.05, 3.63) is 52.3 Å². The van der Waals surface area contributed by atoms with Gasteiger partial charge in [0.25, 0.3) is 0 Å². The summed E-state index contributed by atoms with van der Waals surface area (Å²) in [5, 5.41) is 5.23. The fourth-order valence-corrected chi connectivity index (χ4v) is 3.91. The molecule has 0 spiro atoms. The molecule has 0 atom stereocenters. The Kier molecular flexibility index (Phi) is 4.66. The highest BCUT2D eigenvalue weighted by atomic mass is 32.2. The van der Waals surface area contributed by atoms with Crippen LogP contribution in [0.5, 0.6) is 0 Å². The Morgan fingerprint density at radius 1 is 1.32 bits per heavy atom. The van der Waals surface area contributed by atoms with Crippen LogP contribution in [0.3, 0.4) is 0 Å². The Balaban J connectivity index is 1.81. The average Bonchev–Trinajstić information content (AvgIpc) is 3.06. The number of anilines is 1. The number of amides is 1. The molecule has 130 valence electrons. The van der Waals surface area contributed by atoms with Gasteiger partial charge in [-0.15, -0.1) is 11.3 Å². The van der Waals surface area contributed by atoms with Crippen molar-refractivity contribution in [2.45, 2.75) is 4.90 Å². The quantitative estimate of drug-likeness (QED) is 0.694. The number of nitrogens with one attached hydrogen (secondary N) is 2. The van der Waals surface area contributed by atoms with Gasteiger partial charge in [0, 0.05) is 30.2 Å². The third-order valence-electron chi connectivity index (χ3n) is 3.45. The summed E-state index contributed by atoms with van der Waals surface area (Å²) >= 11 is 1.24. The first-order valence-electron chi connectivity index (χ1n) is 7.15. The summed E-state index contributed by atoms with van der Waals surface area (Å²) in [6.07, 6.45) is 1.54. The van der Waals surface area contributed by atoms with Crippen molar-refractivity contribution in [2.24, 2.45) is 0 Å². The van der Waals surface area contributed by atoms with Crippen LogP contribution in [-0.4, -0.2) is 42.2 Å². The summed E-state index contributed by atoms with van der Waals surface area (Å²) in [4.78, 5) is 29.8. The second-order valence-corrected chi connectivity index (χ2v) is 8.16. The van der Waals surface area contributed by atoms with E-state index in [1.54, 1.807) is 17.6 Å². The summed E-state index contributed by atoms with van der Waals surface area (Å²) in [6.45, 7) is -0.342. The van der Waals surface area contributed by atoms with E-state index in [9.17, 15) is 18.0 Å². The van der Waals surface area contributed by atoms with Crippen molar-refractivity contribution in [2.75, 3.05) is 18.9 Å². The minimum Gasteiger partial charge on any atom is -0.322 e. The SMILES string of the molecule is CN(CC(=O)Nc1nccs1)S(=O)(=O)c1ccc2[nH]c(=O)ccc2c1. The molecule has 2 heterocycles. The summed E-state index contributed by atoms with van der Waals surface area (Å²) in [5.74, 6) is -0.480. The van der Waals surface area contributed by atoms with Crippen molar-refractivity contribution in [1.29, 1.82) is 0 Å². The molecule has 0 aliphatic rings. The molecular weight excluding hydrogens is 364 g/mol. The van der Waals surface area contributed by atoms with Crippen LogP contribution in [0.25, 0.3) is 10.9 Å². The summed E-state index contributed by atoms with van der Waals surface area (Å²) in [6, 6.07) is 7.23. The maximum absolute atomic E-state index is 12.6. The van der Waals surface area contributed by atoms with Crippen LogP contribution in [0.2, 0.25) is 0 Å². The zero-order valence-corrected chi connectivity index (χ0v) is 14.7. The van der Waals surface area contributed by atoms with E-state index in [0.29, 0.717) is 16.0 Å². The lowest BCUT2D eigenvalue weighted by Gasteiger charge is -2.16. The molecule has 0 radical (unpaired) electrons. The molecule has 0 aliphatic heterocycles. The van der Waals surface area contributed by atoms with Crippen LogP contribution in [0.1, 0.15) is 0 Å². The average molecular weight is 378 g/mol. The third kappa shape index (κ3) is 3.76. The monoisotopic (exact) mass is 378 g/mol. The van der Waals surface area contributed by atoms with E-state index >= 15 is 0 Å². The van der Waals surface area contributed by atoms with E-state index in [1.165, 1.54) is 42.6 Å². The van der Waals surface area contributed by atoms with Crippen LogP contribution < -0.4 is 10.9 Å². The van der Waals surface area contributed by atoms with Gasteiger partial charge in [-0.05, 0) is 29.7 Å². The number of likely N-dealkylation sites (N-methyl/N-ethyl adjacent to an activating group) is 1. The Bertz CT molecular complexity index is 1070. The fourth-order valence-electron chi connectivity index (χ4n) is 2.20. The number of H-pyrrole nitrogens is 1. The lowest BCUT2D eigenvalue weighted by molar-refractivity contribution is -0.116. The molecule has 1 aromatic carbocycles. The van der Waals surface area contributed by atoms with Crippen LogP contribution in [0, 0.1) is 0 Å². The molecule has 3 rings (SSSR count).